The van der Waals surface area contributed by atoms with Crippen LogP contribution in [0.4, 0.5) is 0 Å². The molecule has 1 unspecified atom stereocenters. The Bertz CT molecular complexity index is 1190. The van der Waals surface area contributed by atoms with Crippen LogP contribution >= 0.6 is 11.3 Å². The Morgan fingerprint density at radius 3 is 2.70 bits per heavy atom. The number of nitrogens with zero attached hydrogens (tertiary/aromatic N) is 2. The molecule has 10 heteroatoms. The molecule has 1 aromatic carbocycles. The highest BCUT2D eigenvalue weighted by Crippen LogP contribution is 2.41. The van der Waals surface area contributed by atoms with Crippen LogP contribution in [-0.4, -0.2) is 62.3 Å². The molecule has 0 bridgehead atoms. The molecule has 2 fully saturated rings. The number of aromatic nitrogens is 1. The Morgan fingerprint density at radius 2 is 2.05 bits per heavy atom. The van der Waals surface area contributed by atoms with Crippen LogP contribution in [0.1, 0.15) is 71.5 Å². The predicted octanol–water partition coefficient (Wildman–Crippen LogP) is 3.54. The number of amides is 1. The largest absolute Gasteiger partial charge is 0.374 e. The lowest BCUT2D eigenvalue weighted by Crippen LogP contribution is -2.45. The van der Waals surface area contributed by atoms with Crippen LogP contribution in [0.2, 0.25) is 0 Å². The number of hydrogen-bond donors (Lipinski definition) is 2. The topological polar surface area (TPSA) is 101 Å². The zero-order valence-electron chi connectivity index (χ0n) is 21.7. The van der Waals surface area contributed by atoms with Gasteiger partial charge in [0.1, 0.15) is 0 Å². The highest BCUT2D eigenvalue weighted by Gasteiger charge is 2.38. The lowest BCUT2D eigenvalue weighted by Gasteiger charge is -2.32. The maximum atomic E-state index is 12.9. The summed E-state index contributed by atoms with van der Waals surface area (Å²) in [5.41, 5.74) is 1.88. The molecule has 0 radical (unpaired) electrons. The van der Waals surface area contributed by atoms with Gasteiger partial charge in [-0.3, -0.25) is 9.69 Å². The van der Waals surface area contributed by atoms with E-state index in [1.807, 2.05) is 0 Å². The van der Waals surface area contributed by atoms with Gasteiger partial charge < -0.3 is 15.4 Å². The quantitative estimate of drug-likeness (QED) is 0.470. The molecule has 0 spiro atoms. The zero-order chi connectivity index (χ0) is 26.0. The van der Waals surface area contributed by atoms with Gasteiger partial charge in [0.05, 0.1) is 35.1 Å². The number of rotatable bonds is 10. The maximum Gasteiger partial charge on any atom is 0.280 e. The smallest absolute Gasteiger partial charge is 0.280 e. The third kappa shape index (κ3) is 6.25. The Labute approximate surface area is 224 Å². The molecule has 5 rings (SSSR count). The lowest BCUT2D eigenvalue weighted by molar-refractivity contribution is -0.00674. The van der Waals surface area contributed by atoms with E-state index in [1.54, 1.807) is 24.3 Å². The second kappa shape index (κ2) is 11.5. The van der Waals surface area contributed by atoms with E-state index in [9.17, 15) is 13.2 Å². The molecule has 3 heterocycles. The molecular formula is C27H38N4O4S2. The molecule has 3 aliphatic rings. The van der Waals surface area contributed by atoms with Crippen molar-refractivity contribution in [3.8, 4) is 0 Å². The lowest BCUT2D eigenvalue weighted by atomic mass is 9.84. The number of carbonyl (C=O) groups is 1. The molecule has 2 atom stereocenters. The Morgan fingerprint density at radius 1 is 1.27 bits per heavy atom. The van der Waals surface area contributed by atoms with Crippen molar-refractivity contribution in [3.05, 3.63) is 45.4 Å². The third-order valence-corrected chi connectivity index (χ3v) is 10.6. The summed E-state index contributed by atoms with van der Waals surface area (Å²) in [6, 6.07) is 7.06. The van der Waals surface area contributed by atoms with E-state index in [0.717, 1.165) is 68.2 Å². The number of ether oxygens (including phenoxy) is 1. The first kappa shape index (κ1) is 26.7. The van der Waals surface area contributed by atoms with Gasteiger partial charge in [-0.05, 0) is 36.0 Å². The fourth-order valence-corrected chi connectivity index (χ4v) is 7.94. The van der Waals surface area contributed by atoms with E-state index in [-0.39, 0.29) is 23.8 Å². The molecule has 1 aromatic heterocycles. The molecule has 37 heavy (non-hydrogen) atoms. The van der Waals surface area contributed by atoms with Crippen LogP contribution in [0.3, 0.4) is 0 Å². The normalized spacial score (nSPS) is 22.7. The average Bonchev–Trinajstić information content (AvgIpc) is 3.40. The number of sulfone groups is 1. The molecule has 1 amide bonds. The first-order valence-electron chi connectivity index (χ1n) is 13.5. The summed E-state index contributed by atoms with van der Waals surface area (Å²) in [5, 5.41) is 6.84. The minimum Gasteiger partial charge on any atom is -0.374 e. The van der Waals surface area contributed by atoms with Gasteiger partial charge in [0.25, 0.3) is 5.91 Å². The summed E-state index contributed by atoms with van der Waals surface area (Å²) < 4.78 is 31.2. The van der Waals surface area contributed by atoms with Crippen LogP contribution in [0.5, 0.6) is 0 Å². The van der Waals surface area contributed by atoms with Gasteiger partial charge in [0.15, 0.2) is 14.8 Å². The highest BCUT2D eigenvalue weighted by atomic mass is 32.2. The number of nitrogens with one attached hydrogen (secondary N) is 2. The molecule has 2 N–H and O–H groups in total. The van der Waals surface area contributed by atoms with Crippen molar-refractivity contribution in [1.29, 1.82) is 0 Å². The summed E-state index contributed by atoms with van der Waals surface area (Å²) in [4.78, 5) is 21.6. The first-order chi connectivity index (χ1) is 17.8. The van der Waals surface area contributed by atoms with Gasteiger partial charge >= 0.3 is 0 Å². The standard InChI is InChI=1S/C27H38N4O4S2/c1-18(2)25-24-23(17-31(25)16-21-15-28-11-12-35-21)36-27(30-24)26(32)29-14-20-6-8-22(9-7-20)37(33,34)13-10-19-4-3-5-19/h6-9,18-19,21,25,28H,3-5,10-17H2,1-2H3,(H,29,32)/t21?,25-/m0/s1. The SMILES string of the molecule is CC(C)[C@H]1c2nc(C(=O)NCc3ccc(S(=O)(=O)CCC4CCC4)cc3)sc2CN1CC1CNCCO1. The van der Waals surface area contributed by atoms with E-state index in [4.69, 9.17) is 9.72 Å². The third-order valence-electron chi connectivity index (χ3n) is 7.77. The molecule has 2 aliphatic heterocycles. The molecule has 2 aromatic rings. The number of hydrogen-bond acceptors (Lipinski definition) is 8. The minimum atomic E-state index is -3.26. The van der Waals surface area contributed by atoms with E-state index >= 15 is 0 Å². The zero-order valence-corrected chi connectivity index (χ0v) is 23.4. The maximum absolute atomic E-state index is 12.9. The van der Waals surface area contributed by atoms with Gasteiger partial charge in [0.2, 0.25) is 0 Å². The number of morpholine rings is 1. The van der Waals surface area contributed by atoms with Crippen molar-refractivity contribution < 1.29 is 17.9 Å². The van der Waals surface area contributed by atoms with E-state index in [1.165, 1.54) is 17.8 Å². The van der Waals surface area contributed by atoms with Crippen molar-refractivity contribution in [2.75, 3.05) is 32.0 Å². The van der Waals surface area contributed by atoms with Crippen LogP contribution < -0.4 is 10.6 Å². The van der Waals surface area contributed by atoms with E-state index in [0.29, 0.717) is 28.3 Å². The number of carbonyl (C=O) groups excluding carboxylic acids is 1. The summed E-state index contributed by atoms with van der Waals surface area (Å²) in [7, 11) is -3.26. The van der Waals surface area contributed by atoms with Gasteiger partial charge in [0, 0.05) is 37.6 Å². The van der Waals surface area contributed by atoms with Gasteiger partial charge in [-0.2, -0.15) is 0 Å². The van der Waals surface area contributed by atoms with Crippen LogP contribution in [-0.2, 0) is 27.7 Å². The van der Waals surface area contributed by atoms with Crippen molar-refractivity contribution in [3.63, 3.8) is 0 Å². The Hall–Kier alpha value is -1.85. The molecular weight excluding hydrogens is 508 g/mol. The van der Waals surface area contributed by atoms with Gasteiger partial charge in [-0.15, -0.1) is 11.3 Å². The van der Waals surface area contributed by atoms with Gasteiger partial charge in [-0.25, -0.2) is 13.4 Å². The second-order valence-electron chi connectivity index (χ2n) is 10.9. The summed E-state index contributed by atoms with van der Waals surface area (Å²) in [6.07, 6.45) is 4.45. The Balaban J connectivity index is 1.16. The minimum absolute atomic E-state index is 0.177. The van der Waals surface area contributed by atoms with E-state index in [2.05, 4.69) is 29.4 Å². The van der Waals surface area contributed by atoms with Crippen LogP contribution in [0, 0.1) is 11.8 Å². The molecule has 202 valence electrons. The summed E-state index contributed by atoms with van der Waals surface area (Å²) in [5.74, 6) is 0.963. The van der Waals surface area contributed by atoms with Crippen LogP contribution in [0.15, 0.2) is 29.2 Å². The number of thiazole rings is 1. The number of benzene rings is 1. The highest BCUT2D eigenvalue weighted by molar-refractivity contribution is 7.91. The average molecular weight is 547 g/mol. The molecule has 1 saturated heterocycles. The fraction of sp³-hybridized carbons (Fsp3) is 0.630. The van der Waals surface area contributed by atoms with E-state index < -0.39 is 9.84 Å². The van der Waals surface area contributed by atoms with Crippen molar-refractivity contribution >= 4 is 27.1 Å². The Kier molecular flexibility index (Phi) is 8.31. The molecule has 1 aliphatic carbocycles. The second-order valence-corrected chi connectivity index (χ2v) is 14.1. The van der Waals surface area contributed by atoms with Gasteiger partial charge in [-0.1, -0.05) is 45.2 Å². The monoisotopic (exact) mass is 546 g/mol. The van der Waals surface area contributed by atoms with Crippen LogP contribution in [0.25, 0.3) is 0 Å². The van der Waals surface area contributed by atoms with Crippen molar-refractivity contribution in [2.24, 2.45) is 11.8 Å². The number of fused-ring (bicyclic) bond motifs is 1. The van der Waals surface area contributed by atoms with Crippen molar-refractivity contribution in [2.45, 2.75) is 69.7 Å². The fourth-order valence-electron chi connectivity index (χ4n) is 5.47. The molecule has 8 nitrogen and oxygen atoms in total. The predicted molar refractivity (Wildman–Crippen MR) is 144 cm³/mol. The first-order valence-corrected chi connectivity index (χ1v) is 15.9. The van der Waals surface area contributed by atoms with Crippen molar-refractivity contribution in [1.82, 2.24) is 20.5 Å². The molecule has 1 saturated carbocycles. The summed E-state index contributed by atoms with van der Waals surface area (Å²) >= 11 is 1.47. The summed E-state index contributed by atoms with van der Waals surface area (Å²) in [6.45, 7) is 8.88.